The number of alkyl carbamates (subject to hydrolysis) is 1. The van der Waals surface area contributed by atoms with Gasteiger partial charge in [0.2, 0.25) is 0 Å². The molecular formula is C22H33ClN2O2. The van der Waals surface area contributed by atoms with Crippen LogP contribution in [0.25, 0.3) is 0 Å². The quantitative estimate of drug-likeness (QED) is 0.712. The van der Waals surface area contributed by atoms with Crippen LogP contribution in [0.2, 0.25) is 5.02 Å². The lowest BCUT2D eigenvalue weighted by molar-refractivity contribution is 0.0506. The van der Waals surface area contributed by atoms with E-state index in [4.69, 9.17) is 16.3 Å². The monoisotopic (exact) mass is 392 g/mol. The molecule has 0 heterocycles. The van der Waals surface area contributed by atoms with Crippen LogP contribution in [-0.2, 0) is 10.2 Å². The highest BCUT2D eigenvalue weighted by Crippen LogP contribution is 2.40. The van der Waals surface area contributed by atoms with E-state index < -0.39 is 5.60 Å². The van der Waals surface area contributed by atoms with Crippen molar-refractivity contribution in [2.24, 2.45) is 5.92 Å². The average Bonchev–Trinajstić information content (AvgIpc) is 3.42. The SMILES string of the molecule is CC(C)(C)OC(=O)NCC1(c2cccc(Cl)c2)CCC(NCC2CC2)CC1. The summed E-state index contributed by atoms with van der Waals surface area (Å²) in [5, 5.41) is 7.51. The van der Waals surface area contributed by atoms with Crippen LogP contribution in [0.1, 0.15) is 64.9 Å². The molecule has 0 radical (unpaired) electrons. The van der Waals surface area contributed by atoms with Crippen molar-refractivity contribution < 1.29 is 9.53 Å². The number of amides is 1. The van der Waals surface area contributed by atoms with E-state index in [9.17, 15) is 4.79 Å². The maximum Gasteiger partial charge on any atom is 0.407 e. The molecule has 1 aromatic carbocycles. The minimum Gasteiger partial charge on any atom is -0.444 e. The molecule has 0 aromatic heterocycles. The van der Waals surface area contributed by atoms with Gasteiger partial charge in [0.25, 0.3) is 0 Å². The molecule has 150 valence electrons. The average molecular weight is 393 g/mol. The van der Waals surface area contributed by atoms with Crippen molar-refractivity contribution in [1.29, 1.82) is 0 Å². The third kappa shape index (κ3) is 6.11. The fraction of sp³-hybridized carbons (Fsp3) is 0.682. The van der Waals surface area contributed by atoms with Gasteiger partial charge in [-0.25, -0.2) is 4.79 Å². The van der Waals surface area contributed by atoms with Gasteiger partial charge in [-0.3, -0.25) is 0 Å². The fourth-order valence-electron chi connectivity index (χ4n) is 3.97. The lowest BCUT2D eigenvalue weighted by atomic mass is 9.68. The van der Waals surface area contributed by atoms with Crippen molar-refractivity contribution in [2.75, 3.05) is 13.1 Å². The summed E-state index contributed by atoms with van der Waals surface area (Å²) < 4.78 is 5.44. The van der Waals surface area contributed by atoms with E-state index in [1.54, 1.807) is 0 Å². The molecule has 2 fully saturated rings. The number of hydrogen-bond donors (Lipinski definition) is 2. The molecule has 2 saturated carbocycles. The van der Waals surface area contributed by atoms with E-state index in [-0.39, 0.29) is 11.5 Å². The predicted molar refractivity (Wildman–Crippen MR) is 110 cm³/mol. The van der Waals surface area contributed by atoms with Gasteiger partial charge in [-0.1, -0.05) is 23.7 Å². The topological polar surface area (TPSA) is 50.4 Å². The summed E-state index contributed by atoms with van der Waals surface area (Å²) in [5.74, 6) is 0.901. The second-order valence-corrected chi connectivity index (χ2v) is 9.71. The minimum absolute atomic E-state index is 0.0838. The molecule has 27 heavy (non-hydrogen) atoms. The molecule has 0 saturated heterocycles. The Balaban J connectivity index is 1.65. The number of ether oxygens (including phenoxy) is 1. The normalized spacial score (nSPS) is 25.9. The van der Waals surface area contributed by atoms with Gasteiger partial charge in [-0.15, -0.1) is 0 Å². The number of carbonyl (C=O) groups excluding carboxylic acids is 1. The second-order valence-electron chi connectivity index (χ2n) is 9.27. The van der Waals surface area contributed by atoms with Crippen LogP contribution >= 0.6 is 11.6 Å². The molecule has 0 aliphatic heterocycles. The van der Waals surface area contributed by atoms with Crippen molar-refractivity contribution in [3.63, 3.8) is 0 Å². The van der Waals surface area contributed by atoms with Crippen LogP contribution in [0.5, 0.6) is 0 Å². The standard InChI is InChI=1S/C22H33ClN2O2/c1-21(2,3)27-20(26)25-15-22(17-5-4-6-18(23)13-17)11-9-19(10-12-22)24-14-16-7-8-16/h4-6,13,16,19,24H,7-12,14-15H2,1-3H3,(H,25,26). The summed E-state index contributed by atoms with van der Waals surface area (Å²) in [6, 6.07) is 8.68. The Kier molecular flexibility index (Phi) is 6.37. The van der Waals surface area contributed by atoms with Gasteiger partial charge in [0.15, 0.2) is 0 Å². The van der Waals surface area contributed by atoms with Crippen molar-refractivity contribution in [3.8, 4) is 0 Å². The van der Waals surface area contributed by atoms with E-state index in [1.165, 1.54) is 18.4 Å². The molecule has 3 rings (SSSR count). The maximum absolute atomic E-state index is 12.2. The summed E-state index contributed by atoms with van der Waals surface area (Å²) in [4.78, 5) is 12.2. The Bertz CT molecular complexity index is 644. The van der Waals surface area contributed by atoms with Gasteiger partial charge < -0.3 is 15.4 Å². The molecule has 2 aliphatic carbocycles. The van der Waals surface area contributed by atoms with Crippen molar-refractivity contribution in [2.45, 2.75) is 76.4 Å². The zero-order chi connectivity index (χ0) is 19.5. The number of benzene rings is 1. The van der Waals surface area contributed by atoms with E-state index in [0.717, 1.165) is 43.2 Å². The Morgan fingerprint density at radius 3 is 2.52 bits per heavy atom. The first kappa shape index (κ1) is 20.5. The fourth-order valence-corrected chi connectivity index (χ4v) is 4.16. The molecule has 0 spiro atoms. The molecule has 1 aromatic rings. The molecule has 0 atom stereocenters. The Hall–Kier alpha value is -1.26. The van der Waals surface area contributed by atoms with Gasteiger partial charge in [-0.2, -0.15) is 0 Å². The van der Waals surface area contributed by atoms with Crippen LogP contribution in [0, 0.1) is 5.92 Å². The van der Waals surface area contributed by atoms with Gasteiger partial charge in [0.1, 0.15) is 5.60 Å². The summed E-state index contributed by atoms with van der Waals surface area (Å²) >= 11 is 6.27. The highest BCUT2D eigenvalue weighted by atomic mass is 35.5. The first-order valence-electron chi connectivity index (χ1n) is 10.2. The number of rotatable bonds is 6. The number of halogens is 1. The van der Waals surface area contributed by atoms with E-state index in [0.29, 0.717) is 12.6 Å². The van der Waals surface area contributed by atoms with Crippen molar-refractivity contribution >= 4 is 17.7 Å². The summed E-state index contributed by atoms with van der Waals surface area (Å²) in [7, 11) is 0. The number of nitrogens with one attached hydrogen (secondary N) is 2. The highest BCUT2D eigenvalue weighted by Gasteiger charge is 2.38. The molecule has 2 aliphatic rings. The van der Waals surface area contributed by atoms with Gasteiger partial charge >= 0.3 is 6.09 Å². The lowest BCUT2D eigenvalue weighted by Gasteiger charge is -2.41. The second kappa shape index (κ2) is 8.40. The molecule has 4 nitrogen and oxygen atoms in total. The first-order valence-corrected chi connectivity index (χ1v) is 10.6. The van der Waals surface area contributed by atoms with Crippen LogP contribution in [0.3, 0.4) is 0 Å². The molecular weight excluding hydrogens is 360 g/mol. The van der Waals surface area contributed by atoms with E-state index >= 15 is 0 Å². The van der Waals surface area contributed by atoms with Gasteiger partial charge in [0.05, 0.1) is 0 Å². The minimum atomic E-state index is -0.488. The Morgan fingerprint density at radius 1 is 1.22 bits per heavy atom. The third-order valence-electron chi connectivity index (χ3n) is 5.74. The zero-order valence-corrected chi connectivity index (χ0v) is 17.6. The Morgan fingerprint density at radius 2 is 1.93 bits per heavy atom. The van der Waals surface area contributed by atoms with Crippen LogP contribution < -0.4 is 10.6 Å². The molecule has 5 heteroatoms. The highest BCUT2D eigenvalue weighted by molar-refractivity contribution is 6.30. The molecule has 0 bridgehead atoms. The summed E-state index contributed by atoms with van der Waals surface area (Å²) in [5.41, 5.74) is 0.642. The van der Waals surface area contributed by atoms with E-state index in [2.05, 4.69) is 22.8 Å². The molecule has 1 amide bonds. The van der Waals surface area contributed by atoms with E-state index in [1.807, 2.05) is 32.9 Å². The van der Waals surface area contributed by atoms with Crippen LogP contribution in [0.15, 0.2) is 24.3 Å². The lowest BCUT2D eigenvalue weighted by Crippen LogP contribution is -2.47. The third-order valence-corrected chi connectivity index (χ3v) is 5.98. The largest absolute Gasteiger partial charge is 0.444 e. The summed E-state index contributed by atoms with van der Waals surface area (Å²) in [6.45, 7) is 7.39. The maximum atomic E-state index is 12.2. The first-order chi connectivity index (χ1) is 12.8. The zero-order valence-electron chi connectivity index (χ0n) is 16.8. The van der Waals surface area contributed by atoms with Crippen molar-refractivity contribution in [1.82, 2.24) is 10.6 Å². The van der Waals surface area contributed by atoms with Crippen LogP contribution in [0.4, 0.5) is 4.79 Å². The summed E-state index contributed by atoms with van der Waals surface area (Å²) in [6.07, 6.45) is 6.72. The van der Waals surface area contributed by atoms with Gasteiger partial charge in [0, 0.05) is 23.0 Å². The van der Waals surface area contributed by atoms with Crippen molar-refractivity contribution in [3.05, 3.63) is 34.9 Å². The van der Waals surface area contributed by atoms with Gasteiger partial charge in [-0.05, 0) is 89.5 Å². The number of carbonyl (C=O) groups is 1. The smallest absolute Gasteiger partial charge is 0.407 e. The van der Waals surface area contributed by atoms with Crippen LogP contribution in [-0.4, -0.2) is 30.8 Å². The predicted octanol–water partition coefficient (Wildman–Crippen LogP) is 5.04. The Labute approximate surface area is 168 Å². The molecule has 0 unspecified atom stereocenters. The number of hydrogen-bond acceptors (Lipinski definition) is 3. The molecule has 2 N–H and O–H groups in total.